The van der Waals surface area contributed by atoms with Crippen molar-refractivity contribution in [3.8, 4) is 0 Å². The Morgan fingerprint density at radius 1 is 1.58 bits per heavy atom. The Morgan fingerprint density at radius 2 is 2.08 bits per heavy atom. The van der Waals surface area contributed by atoms with Gasteiger partial charge in [-0.05, 0) is 0 Å². The fraction of sp³-hybridized carbons (Fsp3) is 0.800. The highest BCUT2D eigenvalue weighted by molar-refractivity contribution is 7.99. The number of carbonyl (C=O) groups is 1. The maximum Gasteiger partial charge on any atom is 0.323 e. The minimum absolute atomic E-state index is 0.0334. The monoisotopic (exact) mass is 203 g/mol. The molecule has 0 aromatic heterocycles. The Kier molecular flexibility index (Phi) is 5.07. The second-order valence-electron chi connectivity index (χ2n) is 1.94. The topological polar surface area (TPSA) is 63.3 Å². The third kappa shape index (κ3) is 3.31. The van der Waals surface area contributed by atoms with Crippen molar-refractivity contribution >= 4 is 17.7 Å². The number of rotatable bonds is 5. The molecule has 3 unspecified atom stereocenters. The van der Waals surface area contributed by atoms with Crippen molar-refractivity contribution in [2.24, 2.45) is 5.73 Å². The molecule has 0 spiro atoms. The van der Waals surface area contributed by atoms with Crippen molar-refractivity contribution in [3.05, 3.63) is 0 Å². The van der Waals surface area contributed by atoms with Gasteiger partial charge in [-0.1, -0.05) is 11.8 Å². The summed E-state index contributed by atoms with van der Waals surface area (Å²) in [5.74, 6) is -1.65. The molecule has 72 valence electrons. The van der Waals surface area contributed by atoms with Crippen LogP contribution >= 0.6 is 11.8 Å². The predicted molar refractivity (Wildman–Crippen MR) is 39.0 cm³/mol. The highest BCUT2D eigenvalue weighted by Gasteiger charge is 2.32. The molecule has 3 atom stereocenters. The highest BCUT2D eigenvalue weighted by atomic mass is 32.2. The van der Waals surface area contributed by atoms with Gasteiger partial charge in [-0.3, -0.25) is 4.79 Å². The average molecular weight is 203 g/mol. The first-order chi connectivity index (χ1) is 5.50. The van der Waals surface area contributed by atoms with E-state index in [-0.39, 0.29) is 11.8 Å². The van der Waals surface area contributed by atoms with Crippen LogP contribution in [0.3, 0.4) is 0 Å². The van der Waals surface area contributed by atoms with Gasteiger partial charge in [-0.2, -0.15) is 0 Å². The molecular formula is C5H8F3NO2S. The maximum absolute atomic E-state index is 12.6. The van der Waals surface area contributed by atoms with E-state index in [4.69, 9.17) is 10.8 Å². The largest absolute Gasteiger partial charge is 0.480 e. The summed E-state index contributed by atoms with van der Waals surface area (Å²) in [6.45, 7) is 0. The molecule has 0 radical (unpaired) electrons. The number of carboxylic acids is 1. The van der Waals surface area contributed by atoms with Crippen LogP contribution < -0.4 is 5.73 Å². The zero-order valence-corrected chi connectivity index (χ0v) is 6.73. The van der Waals surface area contributed by atoms with Crippen LogP contribution in [0.25, 0.3) is 0 Å². The normalized spacial score (nSPS) is 18.3. The van der Waals surface area contributed by atoms with E-state index < -0.39 is 29.7 Å². The Labute approximate surface area is 71.1 Å². The van der Waals surface area contributed by atoms with Gasteiger partial charge < -0.3 is 10.8 Å². The standard InChI is InChI=1S/C5H8F3NO2S/c6-1-12-4(8)2(7)3(9)5(10)11/h2-4H,1,9H2,(H,10,11). The maximum atomic E-state index is 12.6. The molecule has 0 saturated carbocycles. The molecule has 0 fully saturated rings. The first-order valence-corrected chi connectivity index (χ1v) is 3.99. The summed E-state index contributed by atoms with van der Waals surface area (Å²) in [5, 5.41) is 8.13. The minimum atomic E-state index is -2.39. The highest BCUT2D eigenvalue weighted by Crippen LogP contribution is 2.20. The fourth-order valence-electron chi connectivity index (χ4n) is 0.451. The van der Waals surface area contributed by atoms with Crippen LogP contribution in [0.15, 0.2) is 0 Å². The van der Waals surface area contributed by atoms with Crippen molar-refractivity contribution in [1.29, 1.82) is 0 Å². The van der Waals surface area contributed by atoms with Gasteiger partial charge in [-0.15, -0.1) is 0 Å². The van der Waals surface area contributed by atoms with Gasteiger partial charge in [0.1, 0.15) is 12.0 Å². The van der Waals surface area contributed by atoms with Gasteiger partial charge in [0.2, 0.25) is 0 Å². The summed E-state index contributed by atoms with van der Waals surface area (Å²) in [4.78, 5) is 10.0. The number of hydrogen-bond acceptors (Lipinski definition) is 3. The van der Waals surface area contributed by atoms with E-state index in [1.54, 1.807) is 0 Å². The van der Waals surface area contributed by atoms with E-state index in [2.05, 4.69) is 0 Å². The van der Waals surface area contributed by atoms with E-state index in [1.807, 2.05) is 0 Å². The molecule has 0 bridgehead atoms. The Bertz CT molecular complexity index is 160. The number of nitrogens with two attached hydrogens (primary N) is 1. The molecule has 0 heterocycles. The lowest BCUT2D eigenvalue weighted by molar-refractivity contribution is -0.140. The summed E-state index contributed by atoms with van der Waals surface area (Å²) in [5.41, 5.74) is 2.51. The molecule has 7 heteroatoms. The van der Waals surface area contributed by atoms with Gasteiger partial charge >= 0.3 is 5.97 Å². The van der Waals surface area contributed by atoms with Crippen LogP contribution in [-0.2, 0) is 4.79 Å². The van der Waals surface area contributed by atoms with Crippen LogP contribution in [0.1, 0.15) is 0 Å². The van der Waals surface area contributed by atoms with E-state index in [0.29, 0.717) is 0 Å². The van der Waals surface area contributed by atoms with Gasteiger partial charge in [0.25, 0.3) is 0 Å². The average Bonchev–Trinajstić information content (AvgIpc) is 2.02. The molecule has 3 N–H and O–H groups in total. The van der Waals surface area contributed by atoms with Gasteiger partial charge in [-0.25, -0.2) is 13.2 Å². The van der Waals surface area contributed by atoms with Gasteiger partial charge in [0.05, 0.1) is 0 Å². The zero-order chi connectivity index (χ0) is 9.72. The van der Waals surface area contributed by atoms with Gasteiger partial charge in [0, 0.05) is 0 Å². The molecule has 0 aromatic rings. The lowest BCUT2D eigenvalue weighted by Gasteiger charge is -2.14. The van der Waals surface area contributed by atoms with E-state index >= 15 is 0 Å². The summed E-state index contributed by atoms with van der Waals surface area (Å²) < 4.78 is 36.4. The smallest absolute Gasteiger partial charge is 0.323 e. The summed E-state index contributed by atoms with van der Waals surface area (Å²) in [6.07, 6.45) is -2.39. The quantitative estimate of drug-likeness (QED) is 0.690. The lowest BCUT2D eigenvalue weighted by atomic mass is 10.2. The van der Waals surface area contributed by atoms with Crippen LogP contribution in [0.2, 0.25) is 0 Å². The molecule has 0 aliphatic rings. The van der Waals surface area contributed by atoms with E-state index in [1.165, 1.54) is 0 Å². The van der Waals surface area contributed by atoms with Crippen LogP contribution in [0.4, 0.5) is 13.2 Å². The Hall–Kier alpha value is -0.430. The summed E-state index contributed by atoms with van der Waals surface area (Å²) >= 11 is 0.0334. The van der Waals surface area contributed by atoms with Crippen molar-refractivity contribution < 1.29 is 23.1 Å². The van der Waals surface area contributed by atoms with Gasteiger partial charge in [0.15, 0.2) is 11.7 Å². The summed E-state index contributed by atoms with van der Waals surface area (Å²) in [6, 6.07) is -3.06. The van der Waals surface area contributed by atoms with E-state index in [9.17, 15) is 18.0 Å². The Balaban J connectivity index is 3.99. The zero-order valence-electron chi connectivity index (χ0n) is 5.91. The van der Waals surface area contributed by atoms with Crippen LogP contribution in [-0.4, -0.2) is 34.8 Å². The molecule has 12 heavy (non-hydrogen) atoms. The van der Waals surface area contributed by atoms with E-state index in [0.717, 1.165) is 0 Å². The van der Waals surface area contributed by atoms with Crippen molar-refractivity contribution in [3.63, 3.8) is 0 Å². The van der Waals surface area contributed by atoms with Crippen molar-refractivity contribution in [1.82, 2.24) is 0 Å². The molecule has 0 aliphatic heterocycles. The molecule has 3 nitrogen and oxygen atoms in total. The molecule has 0 rings (SSSR count). The lowest BCUT2D eigenvalue weighted by Crippen LogP contribution is -2.43. The van der Waals surface area contributed by atoms with Crippen molar-refractivity contribution in [2.45, 2.75) is 17.7 Å². The molecule has 0 amide bonds. The van der Waals surface area contributed by atoms with Crippen molar-refractivity contribution in [2.75, 3.05) is 6.01 Å². The second kappa shape index (κ2) is 5.26. The number of halogens is 3. The number of thioether (sulfide) groups is 1. The summed E-state index contributed by atoms with van der Waals surface area (Å²) in [7, 11) is 0. The number of carboxylic acid groups (broad SMARTS) is 1. The van der Waals surface area contributed by atoms with Crippen LogP contribution in [0.5, 0.6) is 0 Å². The number of aliphatic carboxylic acids is 1. The third-order valence-corrected chi connectivity index (χ3v) is 1.81. The molecule has 0 aromatic carbocycles. The number of hydrogen-bond donors (Lipinski definition) is 2. The molecular weight excluding hydrogens is 195 g/mol. The number of alkyl halides is 3. The first kappa shape index (κ1) is 11.6. The van der Waals surface area contributed by atoms with Crippen LogP contribution in [0, 0.1) is 0 Å². The molecule has 0 saturated heterocycles. The minimum Gasteiger partial charge on any atom is -0.480 e. The molecule has 0 aliphatic carbocycles. The second-order valence-corrected chi connectivity index (χ2v) is 2.94. The third-order valence-electron chi connectivity index (χ3n) is 1.10. The SMILES string of the molecule is NC(C(=O)O)C(F)C(F)SCF. The Morgan fingerprint density at radius 3 is 2.42 bits per heavy atom. The fourth-order valence-corrected chi connectivity index (χ4v) is 0.925. The first-order valence-electron chi connectivity index (χ1n) is 2.94. The predicted octanol–water partition coefficient (Wildman–Crippen LogP) is 0.692.